The van der Waals surface area contributed by atoms with Crippen molar-refractivity contribution >= 4 is 22.5 Å². The topological polar surface area (TPSA) is 63.2 Å². The summed E-state index contributed by atoms with van der Waals surface area (Å²) in [7, 11) is 1.59. The van der Waals surface area contributed by atoms with Gasteiger partial charge in [-0.25, -0.2) is 9.78 Å². The van der Waals surface area contributed by atoms with Crippen molar-refractivity contribution in [2.24, 2.45) is 0 Å². The van der Waals surface area contributed by atoms with Gasteiger partial charge in [0.25, 0.3) is 0 Å². The molecule has 2 N–H and O–H groups in total. The highest BCUT2D eigenvalue weighted by Crippen LogP contribution is 2.13. The number of nitrogens with one attached hydrogen (secondary N) is 2. The van der Waals surface area contributed by atoms with Crippen molar-refractivity contribution in [2.45, 2.75) is 6.92 Å². The van der Waals surface area contributed by atoms with Crippen LogP contribution in [0.1, 0.15) is 5.69 Å². The number of carbonyl (C=O) groups excluding carboxylic acids is 1. The molecule has 0 aromatic carbocycles. The van der Waals surface area contributed by atoms with Crippen LogP contribution in [0.3, 0.4) is 0 Å². The Hall–Kier alpha value is -1.14. The zero-order valence-corrected chi connectivity index (χ0v) is 8.98. The summed E-state index contributed by atoms with van der Waals surface area (Å²) in [5.74, 6) is 0. The molecule has 0 saturated heterocycles. The first-order chi connectivity index (χ1) is 6.72. The predicted octanol–water partition coefficient (Wildman–Crippen LogP) is 1.22. The summed E-state index contributed by atoms with van der Waals surface area (Å²) in [6.07, 6.45) is 0. The normalized spacial score (nSPS) is 9.86. The molecule has 1 heterocycles. The van der Waals surface area contributed by atoms with Gasteiger partial charge in [0.2, 0.25) is 0 Å². The maximum Gasteiger partial charge on any atom is 0.321 e. The van der Waals surface area contributed by atoms with Crippen molar-refractivity contribution in [3.63, 3.8) is 0 Å². The molecule has 0 saturated carbocycles. The molecule has 2 amide bonds. The molecule has 0 unspecified atom stereocenters. The molecule has 0 radical (unpaired) electrons. The number of methoxy groups -OCH3 is 1. The van der Waals surface area contributed by atoms with Crippen LogP contribution in [0.4, 0.5) is 9.93 Å². The van der Waals surface area contributed by atoms with Crippen LogP contribution in [0.5, 0.6) is 0 Å². The van der Waals surface area contributed by atoms with Crippen LogP contribution in [-0.2, 0) is 4.74 Å². The number of rotatable bonds is 4. The van der Waals surface area contributed by atoms with Crippen molar-refractivity contribution in [1.82, 2.24) is 10.3 Å². The summed E-state index contributed by atoms with van der Waals surface area (Å²) in [5.41, 5.74) is 0.905. The van der Waals surface area contributed by atoms with Gasteiger partial charge in [-0.15, -0.1) is 11.3 Å². The summed E-state index contributed by atoms with van der Waals surface area (Å²) in [6, 6.07) is -0.253. The summed E-state index contributed by atoms with van der Waals surface area (Å²) < 4.78 is 4.79. The van der Waals surface area contributed by atoms with E-state index in [0.29, 0.717) is 18.3 Å². The van der Waals surface area contributed by atoms with Gasteiger partial charge in [0, 0.05) is 19.0 Å². The Kier molecular flexibility index (Phi) is 4.34. The number of amides is 2. The van der Waals surface area contributed by atoms with Gasteiger partial charge >= 0.3 is 6.03 Å². The van der Waals surface area contributed by atoms with Crippen molar-refractivity contribution in [3.05, 3.63) is 11.1 Å². The summed E-state index contributed by atoms with van der Waals surface area (Å²) in [5, 5.41) is 7.74. The standard InChI is InChI=1S/C8H13N3O2S/c1-6-5-14-8(10-6)11-7(12)9-3-4-13-2/h5H,3-4H2,1-2H3,(H2,9,10,11,12). The maximum absolute atomic E-state index is 11.2. The smallest absolute Gasteiger partial charge is 0.321 e. The summed E-state index contributed by atoms with van der Waals surface area (Å²) in [6.45, 7) is 2.88. The summed E-state index contributed by atoms with van der Waals surface area (Å²) >= 11 is 1.40. The van der Waals surface area contributed by atoms with E-state index >= 15 is 0 Å². The van der Waals surface area contributed by atoms with Gasteiger partial charge in [0.15, 0.2) is 5.13 Å². The monoisotopic (exact) mass is 215 g/mol. The van der Waals surface area contributed by atoms with Crippen molar-refractivity contribution in [2.75, 3.05) is 25.6 Å². The predicted molar refractivity (Wildman–Crippen MR) is 55.7 cm³/mol. The van der Waals surface area contributed by atoms with Gasteiger partial charge < -0.3 is 10.1 Å². The van der Waals surface area contributed by atoms with Crippen LogP contribution < -0.4 is 10.6 Å². The third-order valence-corrected chi connectivity index (χ3v) is 2.31. The number of thiazole rings is 1. The molecular formula is C8H13N3O2S. The largest absolute Gasteiger partial charge is 0.383 e. The minimum Gasteiger partial charge on any atom is -0.383 e. The third-order valence-electron chi connectivity index (χ3n) is 1.43. The van der Waals surface area contributed by atoms with E-state index in [0.717, 1.165) is 5.69 Å². The second kappa shape index (κ2) is 5.56. The lowest BCUT2D eigenvalue weighted by Gasteiger charge is -2.03. The van der Waals surface area contributed by atoms with Gasteiger partial charge in [-0.1, -0.05) is 0 Å². The number of carbonyl (C=O) groups is 1. The minimum absolute atomic E-state index is 0.253. The Bertz CT molecular complexity index is 301. The number of ether oxygens (including phenoxy) is 1. The molecule has 14 heavy (non-hydrogen) atoms. The lowest BCUT2D eigenvalue weighted by molar-refractivity contribution is 0.198. The fourth-order valence-corrected chi connectivity index (χ4v) is 1.50. The Balaban J connectivity index is 2.27. The first-order valence-corrected chi connectivity index (χ1v) is 5.06. The fourth-order valence-electron chi connectivity index (χ4n) is 0.819. The zero-order chi connectivity index (χ0) is 10.4. The van der Waals surface area contributed by atoms with Gasteiger partial charge in [-0.05, 0) is 6.92 Å². The molecule has 78 valence electrons. The van der Waals surface area contributed by atoms with E-state index in [1.54, 1.807) is 7.11 Å². The minimum atomic E-state index is -0.253. The van der Waals surface area contributed by atoms with Crippen LogP contribution in [0.2, 0.25) is 0 Å². The first kappa shape index (κ1) is 10.9. The van der Waals surface area contributed by atoms with E-state index in [4.69, 9.17) is 4.74 Å². The second-order valence-electron chi connectivity index (χ2n) is 2.67. The lowest BCUT2D eigenvalue weighted by atomic mass is 10.6. The average molecular weight is 215 g/mol. The molecule has 0 aliphatic heterocycles. The van der Waals surface area contributed by atoms with E-state index in [1.165, 1.54) is 11.3 Å². The number of anilines is 1. The fraction of sp³-hybridized carbons (Fsp3) is 0.500. The van der Waals surface area contributed by atoms with E-state index in [2.05, 4.69) is 15.6 Å². The quantitative estimate of drug-likeness (QED) is 0.742. The van der Waals surface area contributed by atoms with Crippen LogP contribution in [0, 0.1) is 6.92 Å². The van der Waals surface area contributed by atoms with E-state index in [9.17, 15) is 4.79 Å². The van der Waals surface area contributed by atoms with E-state index < -0.39 is 0 Å². The molecule has 0 aliphatic rings. The number of aromatic nitrogens is 1. The Morgan fingerprint density at radius 1 is 1.71 bits per heavy atom. The highest BCUT2D eigenvalue weighted by atomic mass is 32.1. The van der Waals surface area contributed by atoms with Crippen LogP contribution in [-0.4, -0.2) is 31.3 Å². The summed E-state index contributed by atoms with van der Waals surface area (Å²) in [4.78, 5) is 15.3. The molecule has 0 aliphatic carbocycles. The number of hydrogen-bond donors (Lipinski definition) is 2. The molecule has 1 aromatic heterocycles. The molecule has 0 spiro atoms. The molecule has 0 atom stereocenters. The SMILES string of the molecule is COCCNC(=O)Nc1nc(C)cs1. The van der Waals surface area contributed by atoms with Crippen molar-refractivity contribution in [3.8, 4) is 0 Å². The molecule has 0 bridgehead atoms. The number of hydrogen-bond acceptors (Lipinski definition) is 4. The van der Waals surface area contributed by atoms with Crippen LogP contribution in [0.25, 0.3) is 0 Å². The van der Waals surface area contributed by atoms with E-state index in [-0.39, 0.29) is 6.03 Å². The van der Waals surface area contributed by atoms with E-state index in [1.807, 2.05) is 12.3 Å². The number of nitrogens with zero attached hydrogens (tertiary/aromatic N) is 1. The molecule has 1 rings (SSSR count). The lowest BCUT2D eigenvalue weighted by Crippen LogP contribution is -2.31. The van der Waals surface area contributed by atoms with Gasteiger partial charge in [0.1, 0.15) is 0 Å². The van der Waals surface area contributed by atoms with Crippen LogP contribution in [0.15, 0.2) is 5.38 Å². The zero-order valence-electron chi connectivity index (χ0n) is 8.16. The second-order valence-corrected chi connectivity index (χ2v) is 3.53. The maximum atomic E-state index is 11.2. The highest BCUT2D eigenvalue weighted by molar-refractivity contribution is 7.13. The van der Waals surface area contributed by atoms with Crippen molar-refractivity contribution < 1.29 is 9.53 Å². The molecule has 5 nitrogen and oxygen atoms in total. The first-order valence-electron chi connectivity index (χ1n) is 4.18. The van der Waals surface area contributed by atoms with Gasteiger partial charge in [0.05, 0.1) is 12.3 Å². The highest BCUT2D eigenvalue weighted by Gasteiger charge is 2.03. The van der Waals surface area contributed by atoms with Gasteiger partial charge in [-0.3, -0.25) is 5.32 Å². The van der Waals surface area contributed by atoms with Gasteiger partial charge in [-0.2, -0.15) is 0 Å². The molecular weight excluding hydrogens is 202 g/mol. The number of aryl methyl sites for hydroxylation is 1. The third kappa shape index (κ3) is 3.71. The Morgan fingerprint density at radius 2 is 2.50 bits per heavy atom. The van der Waals surface area contributed by atoms with Crippen molar-refractivity contribution in [1.29, 1.82) is 0 Å². The molecule has 0 fully saturated rings. The van der Waals surface area contributed by atoms with Crippen LogP contribution >= 0.6 is 11.3 Å². The number of urea groups is 1. The Labute approximate surface area is 86.5 Å². The average Bonchev–Trinajstić information content (AvgIpc) is 2.52. The Morgan fingerprint density at radius 3 is 3.07 bits per heavy atom. The molecule has 6 heteroatoms. The molecule has 1 aromatic rings.